The SMILES string of the molecule is COc1c(C)n[nH]c1C. The normalized spacial score (nSPS) is 9.67. The van der Waals surface area contributed by atoms with E-state index in [-0.39, 0.29) is 0 Å². The van der Waals surface area contributed by atoms with E-state index in [0.717, 1.165) is 17.1 Å². The van der Waals surface area contributed by atoms with E-state index in [2.05, 4.69) is 10.2 Å². The Balaban J connectivity index is 3.07. The minimum absolute atomic E-state index is 0.856. The molecule has 1 rings (SSSR count). The zero-order valence-corrected chi connectivity index (χ0v) is 5.86. The van der Waals surface area contributed by atoms with Crippen molar-refractivity contribution in [2.24, 2.45) is 0 Å². The summed E-state index contributed by atoms with van der Waals surface area (Å²) in [6, 6.07) is 0. The highest BCUT2D eigenvalue weighted by Crippen LogP contribution is 2.17. The van der Waals surface area contributed by atoms with E-state index in [1.807, 2.05) is 13.8 Å². The molecule has 50 valence electrons. The molecule has 0 amide bonds. The van der Waals surface area contributed by atoms with Gasteiger partial charge in [-0.1, -0.05) is 0 Å². The van der Waals surface area contributed by atoms with Crippen molar-refractivity contribution in [3.63, 3.8) is 0 Å². The van der Waals surface area contributed by atoms with Crippen LogP contribution in [0.1, 0.15) is 11.4 Å². The summed E-state index contributed by atoms with van der Waals surface area (Å²) >= 11 is 0. The average Bonchev–Trinajstić information content (AvgIpc) is 2.12. The zero-order chi connectivity index (χ0) is 6.85. The van der Waals surface area contributed by atoms with E-state index < -0.39 is 0 Å². The van der Waals surface area contributed by atoms with Crippen LogP contribution in [-0.2, 0) is 0 Å². The van der Waals surface area contributed by atoms with Crippen LogP contribution < -0.4 is 4.74 Å². The maximum absolute atomic E-state index is 5.02. The first-order valence-corrected chi connectivity index (χ1v) is 2.81. The molecule has 0 fully saturated rings. The van der Waals surface area contributed by atoms with Gasteiger partial charge in [-0.25, -0.2) is 0 Å². The van der Waals surface area contributed by atoms with E-state index in [1.54, 1.807) is 7.11 Å². The van der Waals surface area contributed by atoms with Crippen LogP contribution in [0, 0.1) is 13.8 Å². The van der Waals surface area contributed by atoms with E-state index in [0.29, 0.717) is 0 Å². The summed E-state index contributed by atoms with van der Waals surface area (Å²) < 4.78 is 5.02. The third kappa shape index (κ3) is 0.896. The molecule has 0 spiro atoms. The summed E-state index contributed by atoms with van der Waals surface area (Å²) in [6.07, 6.45) is 0. The Bertz CT molecular complexity index is 185. The van der Waals surface area contributed by atoms with Gasteiger partial charge in [0.05, 0.1) is 12.8 Å². The molecule has 0 aromatic carbocycles. The highest BCUT2D eigenvalue weighted by molar-refractivity contribution is 5.30. The number of ether oxygens (including phenoxy) is 1. The van der Waals surface area contributed by atoms with Crippen molar-refractivity contribution in [2.75, 3.05) is 7.11 Å². The molecular formula is C6H10N2O. The van der Waals surface area contributed by atoms with Crippen LogP contribution in [0.4, 0.5) is 0 Å². The Labute approximate surface area is 54.0 Å². The summed E-state index contributed by atoms with van der Waals surface area (Å²) in [4.78, 5) is 0. The third-order valence-corrected chi connectivity index (χ3v) is 1.26. The lowest BCUT2D eigenvalue weighted by Crippen LogP contribution is -1.84. The van der Waals surface area contributed by atoms with Gasteiger partial charge in [-0.05, 0) is 13.8 Å². The van der Waals surface area contributed by atoms with Gasteiger partial charge in [0.2, 0.25) is 0 Å². The van der Waals surface area contributed by atoms with Gasteiger partial charge in [0, 0.05) is 0 Å². The first-order valence-electron chi connectivity index (χ1n) is 2.81. The number of H-pyrrole nitrogens is 1. The van der Waals surface area contributed by atoms with Crippen molar-refractivity contribution in [3.05, 3.63) is 11.4 Å². The van der Waals surface area contributed by atoms with Crippen molar-refractivity contribution in [3.8, 4) is 5.75 Å². The van der Waals surface area contributed by atoms with Gasteiger partial charge in [-0.15, -0.1) is 0 Å². The van der Waals surface area contributed by atoms with Gasteiger partial charge < -0.3 is 4.74 Å². The number of aryl methyl sites for hydroxylation is 2. The number of aromatic nitrogens is 2. The van der Waals surface area contributed by atoms with Gasteiger partial charge in [0.15, 0.2) is 5.75 Å². The number of nitrogens with one attached hydrogen (secondary N) is 1. The number of hydrogen-bond acceptors (Lipinski definition) is 2. The van der Waals surface area contributed by atoms with Crippen molar-refractivity contribution in [1.29, 1.82) is 0 Å². The summed E-state index contributed by atoms with van der Waals surface area (Å²) in [5.41, 5.74) is 1.89. The monoisotopic (exact) mass is 126 g/mol. The Kier molecular flexibility index (Phi) is 1.42. The quantitative estimate of drug-likeness (QED) is 0.610. The Morgan fingerprint density at radius 2 is 2.11 bits per heavy atom. The Morgan fingerprint density at radius 1 is 1.44 bits per heavy atom. The van der Waals surface area contributed by atoms with Crippen molar-refractivity contribution >= 4 is 0 Å². The highest BCUT2D eigenvalue weighted by Gasteiger charge is 2.03. The van der Waals surface area contributed by atoms with Gasteiger partial charge in [0.25, 0.3) is 0 Å². The molecule has 0 saturated carbocycles. The molecule has 3 nitrogen and oxygen atoms in total. The van der Waals surface area contributed by atoms with E-state index in [9.17, 15) is 0 Å². The zero-order valence-electron chi connectivity index (χ0n) is 5.86. The number of rotatable bonds is 1. The Hall–Kier alpha value is -0.990. The number of methoxy groups -OCH3 is 1. The summed E-state index contributed by atoms with van der Waals surface area (Å²) in [5.74, 6) is 0.856. The number of nitrogens with zero attached hydrogens (tertiary/aromatic N) is 1. The second-order valence-electron chi connectivity index (χ2n) is 1.97. The average molecular weight is 126 g/mol. The molecule has 0 bridgehead atoms. The fourth-order valence-corrected chi connectivity index (χ4v) is 0.841. The maximum atomic E-state index is 5.02. The fourth-order valence-electron chi connectivity index (χ4n) is 0.841. The van der Waals surface area contributed by atoms with Gasteiger partial charge in [0.1, 0.15) is 5.69 Å². The molecule has 0 aliphatic heterocycles. The van der Waals surface area contributed by atoms with Crippen LogP contribution >= 0.6 is 0 Å². The van der Waals surface area contributed by atoms with Crippen LogP contribution in [0.15, 0.2) is 0 Å². The fraction of sp³-hybridized carbons (Fsp3) is 0.500. The maximum Gasteiger partial charge on any atom is 0.162 e. The van der Waals surface area contributed by atoms with Gasteiger partial charge in [-0.2, -0.15) is 5.10 Å². The molecule has 0 aliphatic rings. The number of hydrogen-bond donors (Lipinski definition) is 1. The van der Waals surface area contributed by atoms with E-state index >= 15 is 0 Å². The molecule has 1 heterocycles. The molecule has 0 radical (unpaired) electrons. The first-order chi connectivity index (χ1) is 4.25. The molecule has 3 heteroatoms. The smallest absolute Gasteiger partial charge is 0.162 e. The van der Waals surface area contributed by atoms with Crippen LogP contribution in [0.5, 0.6) is 5.75 Å². The minimum atomic E-state index is 0.856. The van der Waals surface area contributed by atoms with Crippen LogP contribution in [0.3, 0.4) is 0 Å². The topological polar surface area (TPSA) is 37.9 Å². The molecule has 1 aromatic rings. The largest absolute Gasteiger partial charge is 0.493 e. The lowest BCUT2D eigenvalue weighted by molar-refractivity contribution is 0.409. The van der Waals surface area contributed by atoms with Crippen LogP contribution in [0.2, 0.25) is 0 Å². The first kappa shape index (κ1) is 6.13. The second kappa shape index (κ2) is 2.09. The summed E-state index contributed by atoms with van der Waals surface area (Å²) in [6.45, 7) is 3.83. The predicted molar refractivity (Wildman–Crippen MR) is 34.6 cm³/mol. The molecule has 0 atom stereocenters. The molecule has 9 heavy (non-hydrogen) atoms. The van der Waals surface area contributed by atoms with Crippen LogP contribution in [-0.4, -0.2) is 17.3 Å². The predicted octanol–water partition coefficient (Wildman–Crippen LogP) is 1.04. The summed E-state index contributed by atoms with van der Waals surface area (Å²) in [5, 5.41) is 6.75. The van der Waals surface area contributed by atoms with Crippen LogP contribution in [0.25, 0.3) is 0 Å². The Morgan fingerprint density at radius 3 is 2.33 bits per heavy atom. The molecule has 1 aromatic heterocycles. The second-order valence-corrected chi connectivity index (χ2v) is 1.97. The van der Waals surface area contributed by atoms with Crippen molar-refractivity contribution < 1.29 is 4.74 Å². The highest BCUT2D eigenvalue weighted by atomic mass is 16.5. The van der Waals surface area contributed by atoms with Gasteiger partial charge in [-0.3, -0.25) is 5.10 Å². The standard InChI is InChI=1S/C6H10N2O/c1-4-6(9-3)5(2)8-7-4/h1-3H3,(H,7,8). The third-order valence-electron chi connectivity index (χ3n) is 1.26. The summed E-state index contributed by atoms with van der Waals surface area (Å²) in [7, 11) is 1.64. The van der Waals surface area contributed by atoms with E-state index in [1.165, 1.54) is 0 Å². The lowest BCUT2D eigenvalue weighted by Gasteiger charge is -1.95. The molecule has 0 saturated heterocycles. The van der Waals surface area contributed by atoms with E-state index in [4.69, 9.17) is 4.74 Å². The number of aromatic amines is 1. The molecule has 0 aliphatic carbocycles. The molecule has 1 N–H and O–H groups in total. The van der Waals surface area contributed by atoms with Crippen molar-refractivity contribution in [1.82, 2.24) is 10.2 Å². The molecular weight excluding hydrogens is 116 g/mol. The lowest BCUT2D eigenvalue weighted by atomic mass is 10.4. The van der Waals surface area contributed by atoms with Crippen molar-refractivity contribution in [2.45, 2.75) is 13.8 Å². The molecule has 0 unspecified atom stereocenters. The van der Waals surface area contributed by atoms with Gasteiger partial charge >= 0.3 is 0 Å². The minimum Gasteiger partial charge on any atom is -0.493 e.